The Hall–Kier alpha value is -0.490. The Kier molecular flexibility index (Phi) is 4.29. The molecule has 5 heteroatoms. The first-order valence-electron chi connectivity index (χ1n) is 5.45. The molecule has 0 amide bonds. The highest BCUT2D eigenvalue weighted by molar-refractivity contribution is 9.10. The number of hydrogen-bond acceptors (Lipinski definition) is 4. The molecule has 1 aromatic heterocycles. The third-order valence-electron chi connectivity index (χ3n) is 3.00. The molecule has 4 nitrogen and oxygen atoms in total. The fourth-order valence-corrected chi connectivity index (χ4v) is 2.53. The van der Waals surface area contributed by atoms with Crippen LogP contribution < -0.4 is 11.3 Å². The Labute approximate surface area is 104 Å². The van der Waals surface area contributed by atoms with E-state index in [9.17, 15) is 0 Å². The zero-order valence-electron chi connectivity index (χ0n) is 9.03. The predicted molar refractivity (Wildman–Crippen MR) is 65.5 cm³/mol. The molecule has 16 heavy (non-hydrogen) atoms. The van der Waals surface area contributed by atoms with Gasteiger partial charge in [0.25, 0.3) is 0 Å². The van der Waals surface area contributed by atoms with Gasteiger partial charge in [-0.2, -0.15) is 0 Å². The molecule has 3 N–H and O–H groups in total. The first-order chi connectivity index (χ1) is 7.81. The molecule has 0 aromatic carbocycles. The van der Waals surface area contributed by atoms with Crippen molar-refractivity contribution in [3.05, 3.63) is 28.5 Å². The maximum absolute atomic E-state index is 5.65. The second kappa shape index (κ2) is 5.72. The SMILES string of the molecule is NNC(c1cncc(Br)c1)C1CCOCC1. The van der Waals surface area contributed by atoms with Crippen LogP contribution in [0.3, 0.4) is 0 Å². The summed E-state index contributed by atoms with van der Waals surface area (Å²) in [5.41, 5.74) is 4.03. The zero-order chi connectivity index (χ0) is 11.4. The number of rotatable bonds is 3. The minimum Gasteiger partial charge on any atom is -0.381 e. The average molecular weight is 286 g/mol. The van der Waals surface area contributed by atoms with E-state index in [2.05, 4.69) is 32.4 Å². The van der Waals surface area contributed by atoms with E-state index in [1.807, 2.05) is 6.20 Å². The van der Waals surface area contributed by atoms with Gasteiger partial charge in [0.15, 0.2) is 0 Å². The Balaban J connectivity index is 2.14. The van der Waals surface area contributed by atoms with E-state index in [-0.39, 0.29) is 6.04 Å². The average Bonchev–Trinajstić information content (AvgIpc) is 2.31. The summed E-state index contributed by atoms with van der Waals surface area (Å²) >= 11 is 3.43. The molecule has 0 bridgehead atoms. The lowest BCUT2D eigenvalue weighted by Gasteiger charge is -2.29. The van der Waals surface area contributed by atoms with Crippen LogP contribution in [0.2, 0.25) is 0 Å². The standard InChI is InChI=1S/C11H16BrN3O/c12-10-5-9(6-14-7-10)11(15-13)8-1-3-16-4-2-8/h5-8,11,15H,1-4,13H2. The summed E-state index contributed by atoms with van der Waals surface area (Å²) in [5.74, 6) is 6.17. The van der Waals surface area contributed by atoms with Gasteiger partial charge in [0.2, 0.25) is 0 Å². The lowest BCUT2D eigenvalue weighted by molar-refractivity contribution is 0.0536. The molecule has 1 atom stereocenters. The number of halogens is 1. The molecule has 2 rings (SSSR count). The second-order valence-electron chi connectivity index (χ2n) is 4.03. The molecule has 1 unspecified atom stereocenters. The van der Waals surface area contributed by atoms with Crippen molar-refractivity contribution in [1.29, 1.82) is 0 Å². The van der Waals surface area contributed by atoms with Gasteiger partial charge in [0, 0.05) is 30.1 Å². The van der Waals surface area contributed by atoms with Crippen molar-refractivity contribution in [2.45, 2.75) is 18.9 Å². The van der Waals surface area contributed by atoms with Crippen molar-refractivity contribution >= 4 is 15.9 Å². The van der Waals surface area contributed by atoms with E-state index in [1.54, 1.807) is 6.20 Å². The van der Waals surface area contributed by atoms with E-state index in [4.69, 9.17) is 10.6 Å². The van der Waals surface area contributed by atoms with Crippen LogP contribution in [0.4, 0.5) is 0 Å². The highest BCUT2D eigenvalue weighted by atomic mass is 79.9. The van der Waals surface area contributed by atoms with E-state index in [0.29, 0.717) is 5.92 Å². The third kappa shape index (κ3) is 2.79. The van der Waals surface area contributed by atoms with Crippen molar-refractivity contribution in [3.8, 4) is 0 Å². The predicted octanol–water partition coefficient (Wildman–Crippen LogP) is 1.78. The molecule has 0 spiro atoms. The summed E-state index contributed by atoms with van der Waals surface area (Å²) in [6.07, 6.45) is 5.73. The fraction of sp³-hybridized carbons (Fsp3) is 0.545. The first kappa shape index (κ1) is 12.0. The van der Waals surface area contributed by atoms with Crippen LogP contribution in [-0.2, 0) is 4.74 Å². The first-order valence-corrected chi connectivity index (χ1v) is 6.25. The maximum Gasteiger partial charge on any atom is 0.0505 e. The van der Waals surface area contributed by atoms with Gasteiger partial charge >= 0.3 is 0 Å². The monoisotopic (exact) mass is 285 g/mol. The van der Waals surface area contributed by atoms with Gasteiger partial charge in [-0.25, -0.2) is 0 Å². The second-order valence-corrected chi connectivity index (χ2v) is 4.95. The Morgan fingerprint density at radius 2 is 2.19 bits per heavy atom. The molecule has 0 saturated carbocycles. The van der Waals surface area contributed by atoms with E-state index in [1.165, 1.54) is 0 Å². The van der Waals surface area contributed by atoms with Crippen LogP contribution in [0.15, 0.2) is 22.9 Å². The summed E-state index contributed by atoms with van der Waals surface area (Å²) in [5, 5.41) is 0. The minimum atomic E-state index is 0.161. The maximum atomic E-state index is 5.65. The molecule has 88 valence electrons. The smallest absolute Gasteiger partial charge is 0.0505 e. The number of aromatic nitrogens is 1. The summed E-state index contributed by atoms with van der Waals surface area (Å²) < 4.78 is 6.34. The Morgan fingerprint density at radius 1 is 1.44 bits per heavy atom. The van der Waals surface area contributed by atoms with Crippen LogP contribution in [0.25, 0.3) is 0 Å². The summed E-state index contributed by atoms with van der Waals surface area (Å²) in [4.78, 5) is 4.17. The normalized spacial score (nSPS) is 19.6. The third-order valence-corrected chi connectivity index (χ3v) is 3.44. The quantitative estimate of drug-likeness (QED) is 0.657. The highest BCUT2D eigenvalue weighted by Crippen LogP contribution is 2.29. The molecule has 2 heterocycles. The molecule has 0 aliphatic carbocycles. The molecule has 1 fully saturated rings. The number of pyridine rings is 1. The summed E-state index contributed by atoms with van der Waals surface area (Å²) in [6, 6.07) is 2.22. The summed E-state index contributed by atoms with van der Waals surface area (Å²) in [6.45, 7) is 1.65. The number of hydrogen-bond donors (Lipinski definition) is 2. The van der Waals surface area contributed by atoms with Crippen molar-refractivity contribution in [1.82, 2.24) is 10.4 Å². The largest absolute Gasteiger partial charge is 0.381 e. The lowest BCUT2D eigenvalue weighted by atomic mass is 9.88. The van der Waals surface area contributed by atoms with E-state index in [0.717, 1.165) is 36.1 Å². The summed E-state index contributed by atoms with van der Waals surface area (Å²) in [7, 11) is 0. The number of hydrazine groups is 1. The van der Waals surface area contributed by atoms with E-state index < -0.39 is 0 Å². The Bertz CT molecular complexity index is 342. The highest BCUT2D eigenvalue weighted by Gasteiger charge is 2.24. The minimum absolute atomic E-state index is 0.161. The number of nitrogens with one attached hydrogen (secondary N) is 1. The van der Waals surface area contributed by atoms with Crippen LogP contribution in [0, 0.1) is 5.92 Å². The molecule has 1 aliphatic rings. The number of nitrogens with zero attached hydrogens (tertiary/aromatic N) is 1. The van der Waals surface area contributed by atoms with Gasteiger partial charge in [-0.1, -0.05) is 0 Å². The zero-order valence-corrected chi connectivity index (χ0v) is 10.6. The van der Waals surface area contributed by atoms with E-state index >= 15 is 0 Å². The van der Waals surface area contributed by atoms with Gasteiger partial charge in [-0.05, 0) is 46.3 Å². The van der Waals surface area contributed by atoms with Crippen molar-refractivity contribution in [2.75, 3.05) is 13.2 Å². The molecule has 1 aliphatic heterocycles. The molecule has 0 radical (unpaired) electrons. The van der Waals surface area contributed by atoms with Crippen molar-refractivity contribution in [2.24, 2.45) is 11.8 Å². The lowest BCUT2D eigenvalue weighted by Crippen LogP contribution is -2.36. The van der Waals surface area contributed by atoms with Gasteiger partial charge in [0.1, 0.15) is 0 Å². The Morgan fingerprint density at radius 3 is 2.81 bits per heavy atom. The number of nitrogens with two attached hydrogens (primary N) is 1. The van der Waals surface area contributed by atoms with Crippen LogP contribution in [0.5, 0.6) is 0 Å². The number of ether oxygens (including phenoxy) is 1. The van der Waals surface area contributed by atoms with Crippen LogP contribution >= 0.6 is 15.9 Å². The molecular weight excluding hydrogens is 270 g/mol. The van der Waals surface area contributed by atoms with Gasteiger partial charge < -0.3 is 4.74 Å². The van der Waals surface area contributed by atoms with Gasteiger partial charge in [-0.15, -0.1) is 0 Å². The van der Waals surface area contributed by atoms with Gasteiger partial charge in [0.05, 0.1) is 6.04 Å². The van der Waals surface area contributed by atoms with Gasteiger partial charge in [-0.3, -0.25) is 16.3 Å². The fourth-order valence-electron chi connectivity index (χ4n) is 2.15. The molecular formula is C11H16BrN3O. The molecule has 1 saturated heterocycles. The topological polar surface area (TPSA) is 60.2 Å². The molecule has 1 aromatic rings. The van der Waals surface area contributed by atoms with Crippen molar-refractivity contribution in [3.63, 3.8) is 0 Å². The van der Waals surface area contributed by atoms with Crippen LogP contribution in [-0.4, -0.2) is 18.2 Å². The van der Waals surface area contributed by atoms with Crippen molar-refractivity contribution < 1.29 is 4.74 Å². The van der Waals surface area contributed by atoms with Crippen LogP contribution in [0.1, 0.15) is 24.4 Å².